The summed E-state index contributed by atoms with van der Waals surface area (Å²) in [6.07, 6.45) is 3.60. The van der Waals surface area contributed by atoms with E-state index >= 15 is 0 Å². The molecule has 0 bridgehead atoms. The van der Waals surface area contributed by atoms with E-state index in [4.69, 9.17) is 12.2 Å². The Morgan fingerprint density at radius 3 is 2.90 bits per heavy atom. The first-order chi connectivity index (χ1) is 10.1. The van der Waals surface area contributed by atoms with Crippen LogP contribution in [0.4, 0.5) is 11.4 Å². The van der Waals surface area contributed by atoms with Gasteiger partial charge in [0.15, 0.2) is 5.11 Å². The Morgan fingerprint density at radius 1 is 1.52 bits per heavy atom. The fourth-order valence-electron chi connectivity index (χ4n) is 1.58. The van der Waals surface area contributed by atoms with Gasteiger partial charge in [-0.3, -0.25) is 15.5 Å². The highest BCUT2D eigenvalue weighted by Crippen LogP contribution is 2.24. The third kappa shape index (κ3) is 5.74. The summed E-state index contributed by atoms with van der Waals surface area (Å²) >= 11 is 5.04. The van der Waals surface area contributed by atoms with E-state index in [1.54, 1.807) is 19.2 Å². The average molecular weight is 309 g/mol. The fraction of sp³-hybridized carbons (Fsp3) is 0.385. The molecule has 1 aromatic rings. The van der Waals surface area contributed by atoms with E-state index < -0.39 is 4.92 Å². The van der Waals surface area contributed by atoms with Gasteiger partial charge in [0, 0.05) is 25.2 Å². The summed E-state index contributed by atoms with van der Waals surface area (Å²) in [5.74, 6) is 0. The maximum atomic E-state index is 10.9. The van der Waals surface area contributed by atoms with Crippen molar-refractivity contribution >= 4 is 34.9 Å². The molecule has 0 saturated carbocycles. The average Bonchev–Trinajstić information content (AvgIpc) is 2.47. The topological polar surface area (TPSA) is 91.6 Å². The third-order valence-corrected chi connectivity index (χ3v) is 2.92. The van der Waals surface area contributed by atoms with Crippen molar-refractivity contribution in [1.29, 1.82) is 0 Å². The van der Waals surface area contributed by atoms with E-state index in [2.05, 4.69) is 28.1 Å². The zero-order valence-corrected chi connectivity index (χ0v) is 12.9. The molecule has 0 radical (unpaired) electrons. The lowest BCUT2D eigenvalue weighted by Crippen LogP contribution is -2.32. The molecular formula is C13H19N5O2S. The molecule has 8 heteroatoms. The van der Waals surface area contributed by atoms with Crippen LogP contribution in [-0.2, 0) is 0 Å². The molecule has 0 saturated heterocycles. The molecule has 114 valence electrons. The summed E-state index contributed by atoms with van der Waals surface area (Å²) in [6, 6.07) is 4.82. The number of thiocarbonyl (C=S) groups is 1. The van der Waals surface area contributed by atoms with Crippen LogP contribution in [0.1, 0.15) is 25.3 Å². The first-order valence-electron chi connectivity index (χ1n) is 6.61. The van der Waals surface area contributed by atoms with Gasteiger partial charge in [-0.2, -0.15) is 5.10 Å². The number of rotatable bonds is 7. The van der Waals surface area contributed by atoms with Crippen molar-refractivity contribution in [1.82, 2.24) is 10.7 Å². The second kappa shape index (κ2) is 8.85. The molecule has 21 heavy (non-hydrogen) atoms. The van der Waals surface area contributed by atoms with Gasteiger partial charge in [-0.05, 0) is 24.7 Å². The van der Waals surface area contributed by atoms with Gasteiger partial charge in [0.05, 0.1) is 11.1 Å². The minimum Gasteiger partial charge on any atom is -0.383 e. The fourth-order valence-corrected chi connectivity index (χ4v) is 1.73. The Labute approximate surface area is 129 Å². The lowest BCUT2D eigenvalue weighted by Gasteiger charge is -2.05. The van der Waals surface area contributed by atoms with Crippen LogP contribution in [-0.4, -0.2) is 29.8 Å². The molecule has 0 atom stereocenters. The molecule has 0 aliphatic heterocycles. The Bertz CT molecular complexity index is 533. The van der Waals surface area contributed by atoms with Crippen LogP contribution in [0.25, 0.3) is 0 Å². The van der Waals surface area contributed by atoms with Crippen LogP contribution < -0.4 is 16.1 Å². The zero-order valence-electron chi connectivity index (χ0n) is 12.0. The van der Waals surface area contributed by atoms with Crippen LogP contribution in [0.15, 0.2) is 23.3 Å². The van der Waals surface area contributed by atoms with E-state index in [-0.39, 0.29) is 5.69 Å². The Balaban J connectivity index is 2.62. The second-order valence-electron chi connectivity index (χ2n) is 4.26. The number of hydrogen-bond donors (Lipinski definition) is 3. The van der Waals surface area contributed by atoms with Crippen molar-refractivity contribution in [2.75, 3.05) is 18.9 Å². The highest BCUT2D eigenvalue weighted by molar-refractivity contribution is 7.80. The Kier molecular flexibility index (Phi) is 7.10. The second-order valence-corrected chi connectivity index (χ2v) is 4.67. The summed E-state index contributed by atoms with van der Waals surface area (Å²) in [4.78, 5) is 10.5. The van der Waals surface area contributed by atoms with E-state index in [1.165, 1.54) is 12.3 Å². The van der Waals surface area contributed by atoms with Crippen LogP contribution in [0, 0.1) is 10.1 Å². The molecule has 0 unspecified atom stereocenters. The van der Waals surface area contributed by atoms with Crippen LogP contribution in [0.5, 0.6) is 0 Å². The highest BCUT2D eigenvalue weighted by atomic mass is 32.1. The normalized spacial score (nSPS) is 10.4. The molecule has 1 rings (SSSR count). The minimum atomic E-state index is -0.437. The van der Waals surface area contributed by atoms with Crippen molar-refractivity contribution in [2.24, 2.45) is 5.10 Å². The molecule has 0 amide bonds. The lowest BCUT2D eigenvalue weighted by atomic mass is 10.2. The summed E-state index contributed by atoms with van der Waals surface area (Å²) in [6.45, 7) is 2.89. The number of unbranched alkanes of at least 4 members (excludes halogenated alkanes) is 1. The Hall–Kier alpha value is -2.22. The summed E-state index contributed by atoms with van der Waals surface area (Å²) in [5.41, 5.74) is 3.75. The number of hydrogen-bond acceptors (Lipinski definition) is 5. The standard InChI is InChI=1S/C13H19N5O2S/c1-3-4-7-15-13(21)17-16-9-10-5-6-11(14-2)12(8-10)18(19)20/h5-6,8-9,14H,3-4,7H2,1-2H3,(H2,15,17,21)/b16-9+. The number of hydrazone groups is 1. The van der Waals surface area contributed by atoms with Gasteiger partial charge >= 0.3 is 0 Å². The molecule has 0 aliphatic carbocycles. The molecule has 7 nitrogen and oxygen atoms in total. The molecule has 0 aromatic heterocycles. The third-order valence-electron chi connectivity index (χ3n) is 2.68. The predicted octanol–water partition coefficient (Wildman–Crippen LogP) is 2.23. The number of nitro groups is 1. The number of nitrogens with zero attached hydrogens (tertiary/aromatic N) is 2. The molecule has 3 N–H and O–H groups in total. The quantitative estimate of drug-likeness (QED) is 0.235. The Morgan fingerprint density at radius 2 is 2.29 bits per heavy atom. The van der Waals surface area contributed by atoms with Gasteiger partial charge in [-0.25, -0.2) is 0 Å². The maximum Gasteiger partial charge on any atom is 0.292 e. The minimum absolute atomic E-state index is 0.00472. The first-order valence-corrected chi connectivity index (χ1v) is 7.02. The van der Waals surface area contributed by atoms with Crippen molar-refractivity contribution in [3.63, 3.8) is 0 Å². The van der Waals surface area contributed by atoms with E-state index in [9.17, 15) is 10.1 Å². The van der Waals surface area contributed by atoms with Crippen LogP contribution in [0.2, 0.25) is 0 Å². The van der Waals surface area contributed by atoms with Gasteiger partial charge in [0.2, 0.25) is 0 Å². The molecule has 0 aliphatic rings. The van der Waals surface area contributed by atoms with Gasteiger partial charge in [0.1, 0.15) is 5.69 Å². The number of anilines is 1. The van der Waals surface area contributed by atoms with Gasteiger partial charge < -0.3 is 10.6 Å². The van der Waals surface area contributed by atoms with Crippen molar-refractivity contribution in [2.45, 2.75) is 19.8 Å². The molecule has 0 spiro atoms. The van der Waals surface area contributed by atoms with Gasteiger partial charge in [-0.1, -0.05) is 19.4 Å². The van der Waals surface area contributed by atoms with Gasteiger partial charge in [0.25, 0.3) is 5.69 Å². The van der Waals surface area contributed by atoms with Crippen LogP contribution >= 0.6 is 12.2 Å². The molecule has 0 fully saturated rings. The lowest BCUT2D eigenvalue weighted by molar-refractivity contribution is -0.383. The molecule has 1 aromatic carbocycles. The monoisotopic (exact) mass is 309 g/mol. The largest absolute Gasteiger partial charge is 0.383 e. The highest BCUT2D eigenvalue weighted by Gasteiger charge is 2.12. The summed E-state index contributed by atoms with van der Waals surface area (Å²) in [5, 5.41) is 21.1. The molecular weight excluding hydrogens is 290 g/mol. The van der Waals surface area contributed by atoms with Crippen molar-refractivity contribution in [3.8, 4) is 0 Å². The van der Waals surface area contributed by atoms with Gasteiger partial charge in [-0.15, -0.1) is 0 Å². The summed E-state index contributed by atoms with van der Waals surface area (Å²) in [7, 11) is 1.64. The number of nitro benzene ring substituents is 1. The number of nitrogens with one attached hydrogen (secondary N) is 3. The zero-order chi connectivity index (χ0) is 15.7. The smallest absolute Gasteiger partial charge is 0.292 e. The van der Waals surface area contributed by atoms with Crippen LogP contribution in [0.3, 0.4) is 0 Å². The van der Waals surface area contributed by atoms with E-state index in [0.717, 1.165) is 19.4 Å². The first kappa shape index (κ1) is 16.8. The predicted molar refractivity (Wildman–Crippen MR) is 88.9 cm³/mol. The summed E-state index contributed by atoms with van der Waals surface area (Å²) < 4.78 is 0. The number of benzene rings is 1. The van der Waals surface area contributed by atoms with Crippen molar-refractivity contribution in [3.05, 3.63) is 33.9 Å². The maximum absolute atomic E-state index is 10.9. The molecule has 0 heterocycles. The van der Waals surface area contributed by atoms with E-state index in [1.807, 2.05) is 0 Å². The van der Waals surface area contributed by atoms with Crippen molar-refractivity contribution < 1.29 is 4.92 Å². The SMILES string of the molecule is CCCCNC(=S)N/N=C/c1ccc(NC)c([N+](=O)[O-])c1. The van der Waals surface area contributed by atoms with E-state index in [0.29, 0.717) is 16.4 Å².